The number of hydrogen-bond acceptors (Lipinski definition) is 9. The first-order chi connectivity index (χ1) is 14.3. The highest BCUT2D eigenvalue weighted by Gasteiger charge is 2.71. The smallest absolute Gasteiger partial charge is 0.316 e. The van der Waals surface area contributed by atoms with Crippen LogP contribution in [0.1, 0.15) is 6.92 Å². The lowest BCUT2D eigenvalue weighted by Gasteiger charge is -2.28. The van der Waals surface area contributed by atoms with Crippen LogP contribution in [0.5, 0.6) is 5.75 Å². The average molecular weight is 486 g/mol. The van der Waals surface area contributed by atoms with E-state index in [4.69, 9.17) is 14.0 Å². The summed E-state index contributed by atoms with van der Waals surface area (Å²) >= 11 is 1.06. The SMILES string of the molecule is CC(=O)OC1C2OC(=O)C3C2SC1C3C(=O)Oc1c(F)c(F)c(S(=O)(=O)O)c(F)c1F. The maximum atomic E-state index is 14.2. The Balaban J connectivity index is 1.69. The van der Waals surface area contributed by atoms with Crippen molar-refractivity contribution in [2.45, 2.75) is 34.5 Å². The first-order valence-corrected chi connectivity index (χ1v) is 10.8. The Bertz CT molecular complexity index is 1110. The standard InChI is InChI=1S/C16H10F4O9S2/c1-2(21)27-10-11-13-4(16(23)29-11)3(12(10)30-13)15(22)28-9-5(17)7(19)14(31(24,25)26)8(20)6(9)18/h3-4,10-13H,1H3,(H,24,25,26). The molecular formula is C16H10F4O9S2. The average Bonchev–Trinajstić information content (AvgIpc) is 3.26. The number of thioether (sulfide) groups is 1. The van der Waals surface area contributed by atoms with Crippen LogP contribution in [0, 0.1) is 35.1 Å². The van der Waals surface area contributed by atoms with Gasteiger partial charge in [-0.2, -0.15) is 17.2 Å². The van der Waals surface area contributed by atoms with Crippen molar-refractivity contribution >= 4 is 39.8 Å². The number of fused-ring (bicyclic) bond motifs is 1. The van der Waals surface area contributed by atoms with Gasteiger partial charge in [0.15, 0.2) is 28.7 Å². The largest absolute Gasteiger partial charge is 0.457 e. The molecule has 0 spiro atoms. The summed E-state index contributed by atoms with van der Waals surface area (Å²) in [6.07, 6.45) is -1.89. The van der Waals surface area contributed by atoms with Gasteiger partial charge in [0.25, 0.3) is 0 Å². The van der Waals surface area contributed by atoms with E-state index in [1.165, 1.54) is 0 Å². The highest BCUT2D eigenvalue weighted by molar-refractivity contribution is 8.01. The van der Waals surface area contributed by atoms with E-state index in [2.05, 4.69) is 4.74 Å². The van der Waals surface area contributed by atoms with E-state index in [1.54, 1.807) is 0 Å². The Morgan fingerprint density at radius 3 is 2.16 bits per heavy atom. The van der Waals surface area contributed by atoms with Gasteiger partial charge in [-0.25, -0.2) is 8.78 Å². The van der Waals surface area contributed by atoms with Gasteiger partial charge >= 0.3 is 28.0 Å². The fourth-order valence-corrected chi connectivity index (χ4v) is 6.63. The third-order valence-electron chi connectivity index (χ3n) is 5.12. The van der Waals surface area contributed by atoms with Crippen LogP contribution in [0.3, 0.4) is 0 Å². The Morgan fingerprint density at radius 1 is 1.06 bits per heavy atom. The van der Waals surface area contributed by atoms with Gasteiger partial charge in [0.05, 0.1) is 22.3 Å². The van der Waals surface area contributed by atoms with Gasteiger partial charge in [0.2, 0.25) is 17.4 Å². The van der Waals surface area contributed by atoms with E-state index in [0.717, 1.165) is 18.7 Å². The molecule has 6 unspecified atom stereocenters. The summed E-state index contributed by atoms with van der Waals surface area (Å²) in [7, 11) is -5.69. The third-order valence-corrected chi connectivity index (χ3v) is 7.75. The molecule has 3 saturated heterocycles. The fourth-order valence-electron chi connectivity index (χ4n) is 4.01. The van der Waals surface area contributed by atoms with Crippen LogP contribution in [0.4, 0.5) is 17.6 Å². The van der Waals surface area contributed by atoms with Gasteiger partial charge < -0.3 is 14.2 Å². The van der Waals surface area contributed by atoms with E-state index in [1.807, 2.05) is 0 Å². The minimum Gasteiger partial charge on any atom is -0.457 e. The van der Waals surface area contributed by atoms with Gasteiger partial charge in [-0.05, 0) is 0 Å². The van der Waals surface area contributed by atoms with Crippen LogP contribution >= 0.6 is 11.8 Å². The monoisotopic (exact) mass is 486 g/mol. The maximum absolute atomic E-state index is 14.2. The fraction of sp³-hybridized carbons (Fsp3) is 0.438. The van der Waals surface area contributed by atoms with Crippen molar-refractivity contribution < 1.29 is 59.1 Å². The van der Waals surface area contributed by atoms with Crippen LogP contribution in [0.2, 0.25) is 0 Å². The summed E-state index contributed by atoms with van der Waals surface area (Å²) in [5, 5.41) is -1.52. The Hall–Kier alpha value is -2.39. The van der Waals surface area contributed by atoms with Crippen molar-refractivity contribution in [3.8, 4) is 5.75 Å². The minimum atomic E-state index is -5.69. The molecule has 3 aliphatic heterocycles. The predicted octanol–water partition coefficient (Wildman–Crippen LogP) is 0.982. The van der Waals surface area contributed by atoms with Crippen LogP contribution in [0.15, 0.2) is 4.90 Å². The summed E-state index contributed by atoms with van der Waals surface area (Å²) < 4.78 is 102. The summed E-state index contributed by atoms with van der Waals surface area (Å²) in [6, 6.07) is 0. The van der Waals surface area contributed by atoms with Crippen molar-refractivity contribution in [1.82, 2.24) is 0 Å². The summed E-state index contributed by atoms with van der Waals surface area (Å²) in [4.78, 5) is 33.8. The first kappa shape index (κ1) is 21.8. The molecule has 168 valence electrons. The molecule has 9 nitrogen and oxygen atoms in total. The molecule has 1 aromatic rings. The summed E-state index contributed by atoms with van der Waals surface area (Å²) in [6.45, 7) is 1.07. The normalized spacial score (nSPS) is 31.0. The number of benzene rings is 1. The van der Waals surface area contributed by atoms with Crippen LogP contribution in [0.25, 0.3) is 0 Å². The predicted molar refractivity (Wildman–Crippen MR) is 89.3 cm³/mol. The van der Waals surface area contributed by atoms with Gasteiger partial charge in [-0.1, -0.05) is 0 Å². The molecule has 3 aliphatic rings. The van der Waals surface area contributed by atoms with Crippen molar-refractivity contribution in [2.24, 2.45) is 11.8 Å². The number of hydrogen-bond donors (Lipinski definition) is 1. The zero-order chi connectivity index (χ0) is 23.0. The molecule has 15 heteroatoms. The molecule has 3 fully saturated rings. The van der Waals surface area contributed by atoms with Gasteiger partial charge in [0.1, 0.15) is 0 Å². The molecule has 6 atom stereocenters. The van der Waals surface area contributed by atoms with Crippen molar-refractivity contribution in [3.63, 3.8) is 0 Å². The quantitative estimate of drug-likeness (QED) is 0.216. The van der Waals surface area contributed by atoms with Crippen LogP contribution < -0.4 is 4.74 Å². The molecular weight excluding hydrogens is 476 g/mol. The molecule has 0 aromatic heterocycles. The summed E-state index contributed by atoms with van der Waals surface area (Å²) in [5.41, 5.74) is 0. The second kappa shape index (κ2) is 7.06. The molecule has 0 radical (unpaired) electrons. The van der Waals surface area contributed by atoms with Gasteiger partial charge in [0, 0.05) is 6.92 Å². The molecule has 31 heavy (non-hydrogen) atoms. The van der Waals surface area contributed by atoms with E-state index in [9.17, 15) is 40.4 Å². The molecule has 0 aliphatic carbocycles. The van der Waals surface area contributed by atoms with E-state index in [0.29, 0.717) is 0 Å². The van der Waals surface area contributed by atoms with E-state index < -0.39 is 96.5 Å². The lowest BCUT2D eigenvalue weighted by molar-refractivity contribution is -0.158. The molecule has 1 aromatic carbocycles. The minimum absolute atomic E-state index is 0.621. The molecule has 2 bridgehead atoms. The van der Waals surface area contributed by atoms with E-state index in [-0.39, 0.29) is 0 Å². The first-order valence-electron chi connectivity index (χ1n) is 8.42. The van der Waals surface area contributed by atoms with E-state index >= 15 is 0 Å². The lowest BCUT2D eigenvalue weighted by atomic mass is 9.78. The number of ether oxygens (including phenoxy) is 3. The van der Waals surface area contributed by atoms with Gasteiger partial charge in [-0.3, -0.25) is 18.9 Å². The lowest BCUT2D eigenvalue weighted by Crippen LogP contribution is -2.48. The highest BCUT2D eigenvalue weighted by Crippen LogP contribution is 2.59. The zero-order valence-corrected chi connectivity index (χ0v) is 16.6. The maximum Gasteiger partial charge on any atom is 0.316 e. The zero-order valence-electron chi connectivity index (χ0n) is 15.0. The number of halogens is 4. The second-order valence-corrected chi connectivity index (χ2v) is 9.62. The third kappa shape index (κ3) is 3.17. The van der Waals surface area contributed by atoms with Gasteiger partial charge in [-0.15, -0.1) is 11.8 Å². The van der Waals surface area contributed by atoms with Crippen LogP contribution in [-0.4, -0.2) is 53.6 Å². The number of carbonyl (C=O) groups is 3. The molecule has 1 N–H and O–H groups in total. The van der Waals surface area contributed by atoms with Crippen LogP contribution in [-0.2, 0) is 34.0 Å². The second-order valence-electron chi connectivity index (χ2n) is 6.90. The topological polar surface area (TPSA) is 133 Å². The number of esters is 3. The molecule has 4 rings (SSSR count). The van der Waals surface area contributed by atoms with Crippen molar-refractivity contribution in [3.05, 3.63) is 23.3 Å². The molecule has 0 amide bonds. The number of carbonyl (C=O) groups excluding carboxylic acids is 3. The highest BCUT2D eigenvalue weighted by atomic mass is 32.2. The Kier molecular flexibility index (Phi) is 4.97. The Labute approximate surface area is 174 Å². The Morgan fingerprint density at radius 2 is 1.65 bits per heavy atom. The summed E-state index contributed by atoms with van der Waals surface area (Å²) in [5.74, 6) is -17.3. The van der Waals surface area contributed by atoms with Crippen molar-refractivity contribution in [2.75, 3.05) is 0 Å². The number of rotatable bonds is 4. The molecule has 0 saturated carbocycles. The van der Waals surface area contributed by atoms with Crippen molar-refractivity contribution in [1.29, 1.82) is 0 Å². The molecule has 3 heterocycles.